The molecule has 0 heterocycles. The second-order valence-corrected chi connectivity index (χ2v) is 4.64. The molecule has 2 heteroatoms. The van der Waals surface area contributed by atoms with Gasteiger partial charge in [-0.3, -0.25) is 0 Å². The summed E-state index contributed by atoms with van der Waals surface area (Å²) in [4.78, 5) is 11.3. The molecule has 0 unspecified atom stereocenters. The van der Waals surface area contributed by atoms with Crippen LogP contribution in [-0.4, -0.2) is 12.1 Å². The number of carbonyl (C=O) groups excluding carboxylic acids is 1. The predicted octanol–water partition coefficient (Wildman–Crippen LogP) is 3.77. The van der Waals surface area contributed by atoms with Crippen molar-refractivity contribution in [2.45, 2.75) is 39.7 Å². The van der Waals surface area contributed by atoms with Crippen molar-refractivity contribution in [3.8, 4) is 0 Å². The first kappa shape index (κ1) is 13.5. The lowest BCUT2D eigenvalue weighted by atomic mass is 10.0. The van der Waals surface area contributed by atoms with Gasteiger partial charge in [-0.15, -0.1) is 0 Å². The summed E-state index contributed by atoms with van der Waals surface area (Å²) in [6, 6.07) is 8.18. The first-order chi connectivity index (χ1) is 7.99. The number of hydrogen-bond acceptors (Lipinski definition) is 2. The zero-order chi connectivity index (χ0) is 12.8. The van der Waals surface area contributed by atoms with Gasteiger partial charge in [-0.1, -0.05) is 38.1 Å². The number of benzene rings is 1. The van der Waals surface area contributed by atoms with Gasteiger partial charge in [0.25, 0.3) is 0 Å². The maximum atomic E-state index is 11.3. The average Bonchev–Trinajstić information content (AvgIpc) is 2.26. The molecule has 0 aliphatic heterocycles. The molecule has 0 amide bonds. The van der Waals surface area contributed by atoms with Gasteiger partial charge in [0.1, 0.15) is 0 Å². The van der Waals surface area contributed by atoms with Crippen LogP contribution in [0.4, 0.5) is 0 Å². The van der Waals surface area contributed by atoms with Crippen LogP contribution < -0.4 is 0 Å². The molecule has 17 heavy (non-hydrogen) atoms. The van der Waals surface area contributed by atoms with E-state index in [4.69, 9.17) is 4.74 Å². The molecule has 0 radical (unpaired) electrons. The lowest BCUT2D eigenvalue weighted by molar-refractivity contribution is -0.141. The van der Waals surface area contributed by atoms with Crippen molar-refractivity contribution in [2.75, 3.05) is 0 Å². The number of hydrogen-bond donors (Lipinski definition) is 0. The van der Waals surface area contributed by atoms with Crippen molar-refractivity contribution in [2.24, 2.45) is 0 Å². The van der Waals surface area contributed by atoms with Crippen molar-refractivity contribution >= 4 is 12.0 Å². The first-order valence-corrected chi connectivity index (χ1v) is 5.97. The number of ether oxygens (including phenoxy) is 1. The Morgan fingerprint density at radius 3 is 2.18 bits per heavy atom. The van der Waals surface area contributed by atoms with Crippen LogP contribution in [0.5, 0.6) is 0 Å². The normalized spacial score (nSPS) is 11.4. The Bertz CT molecular complexity index is 386. The van der Waals surface area contributed by atoms with Crippen molar-refractivity contribution in [1.82, 2.24) is 0 Å². The predicted molar refractivity (Wildman–Crippen MR) is 70.8 cm³/mol. The monoisotopic (exact) mass is 232 g/mol. The van der Waals surface area contributed by atoms with E-state index in [0.29, 0.717) is 5.92 Å². The standard InChI is InChI=1S/C15H20O2/c1-11(2)14-8-5-13(6-9-14)7-10-15(16)17-12(3)4/h5-12H,1-4H3/b10-7+. The van der Waals surface area contributed by atoms with E-state index >= 15 is 0 Å². The molecule has 0 aromatic heterocycles. The average molecular weight is 232 g/mol. The summed E-state index contributed by atoms with van der Waals surface area (Å²) in [5, 5.41) is 0. The van der Waals surface area contributed by atoms with Gasteiger partial charge in [-0.05, 0) is 37.0 Å². The molecule has 0 N–H and O–H groups in total. The van der Waals surface area contributed by atoms with Crippen LogP contribution in [0.15, 0.2) is 30.3 Å². The largest absolute Gasteiger partial charge is 0.460 e. The second kappa shape index (κ2) is 6.24. The van der Waals surface area contributed by atoms with Crippen molar-refractivity contribution in [3.05, 3.63) is 41.5 Å². The summed E-state index contributed by atoms with van der Waals surface area (Å²) in [7, 11) is 0. The van der Waals surface area contributed by atoms with Gasteiger partial charge >= 0.3 is 5.97 Å². The zero-order valence-corrected chi connectivity index (χ0v) is 10.9. The molecule has 0 aliphatic carbocycles. The fourth-order valence-corrected chi connectivity index (χ4v) is 1.43. The second-order valence-electron chi connectivity index (χ2n) is 4.64. The van der Waals surface area contributed by atoms with Crippen LogP contribution in [0, 0.1) is 0 Å². The highest BCUT2D eigenvalue weighted by Gasteiger charge is 2.00. The van der Waals surface area contributed by atoms with Crippen LogP contribution in [0.1, 0.15) is 44.7 Å². The summed E-state index contributed by atoms with van der Waals surface area (Å²) in [6.07, 6.45) is 3.16. The van der Waals surface area contributed by atoms with Crippen LogP contribution in [0.2, 0.25) is 0 Å². The fourth-order valence-electron chi connectivity index (χ4n) is 1.43. The molecule has 1 aromatic carbocycles. The number of carbonyl (C=O) groups is 1. The van der Waals surface area contributed by atoms with E-state index in [9.17, 15) is 4.79 Å². The topological polar surface area (TPSA) is 26.3 Å². The molecular weight excluding hydrogens is 212 g/mol. The molecule has 0 aliphatic rings. The van der Waals surface area contributed by atoms with E-state index in [1.54, 1.807) is 6.08 Å². The van der Waals surface area contributed by atoms with Crippen molar-refractivity contribution in [1.29, 1.82) is 0 Å². The summed E-state index contributed by atoms with van der Waals surface area (Å²) >= 11 is 0. The summed E-state index contributed by atoms with van der Waals surface area (Å²) in [6.45, 7) is 7.99. The smallest absolute Gasteiger partial charge is 0.331 e. The third kappa shape index (κ3) is 4.85. The number of rotatable bonds is 4. The fraction of sp³-hybridized carbons (Fsp3) is 0.400. The SMILES string of the molecule is CC(C)OC(=O)/C=C/c1ccc(C(C)C)cc1. The minimum Gasteiger partial charge on any atom is -0.460 e. The van der Waals surface area contributed by atoms with Gasteiger partial charge in [0.05, 0.1) is 6.10 Å². The molecule has 0 fully saturated rings. The van der Waals surface area contributed by atoms with E-state index in [1.165, 1.54) is 11.6 Å². The summed E-state index contributed by atoms with van der Waals surface area (Å²) < 4.78 is 5.01. The van der Waals surface area contributed by atoms with Crippen LogP contribution in [0.25, 0.3) is 6.08 Å². The highest BCUT2D eigenvalue weighted by molar-refractivity contribution is 5.87. The quantitative estimate of drug-likeness (QED) is 0.583. The molecular formula is C15H20O2. The molecule has 92 valence electrons. The molecule has 0 bridgehead atoms. The minimum absolute atomic E-state index is 0.0736. The third-order valence-electron chi connectivity index (χ3n) is 2.37. The van der Waals surface area contributed by atoms with Gasteiger partial charge in [0.15, 0.2) is 0 Å². The Labute approximate surface area is 103 Å². The maximum absolute atomic E-state index is 11.3. The first-order valence-electron chi connectivity index (χ1n) is 5.97. The Balaban J connectivity index is 2.63. The van der Waals surface area contributed by atoms with Crippen LogP contribution >= 0.6 is 0 Å². The van der Waals surface area contributed by atoms with E-state index < -0.39 is 0 Å². The molecule has 0 spiro atoms. The van der Waals surface area contributed by atoms with Crippen LogP contribution in [-0.2, 0) is 9.53 Å². The van der Waals surface area contributed by atoms with Crippen molar-refractivity contribution < 1.29 is 9.53 Å². The Morgan fingerprint density at radius 1 is 1.12 bits per heavy atom. The Hall–Kier alpha value is -1.57. The molecule has 0 atom stereocenters. The summed E-state index contributed by atoms with van der Waals surface area (Å²) in [5.41, 5.74) is 2.31. The minimum atomic E-state index is -0.298. The Kier molecular flexibility index (Phi) is 4.95. The van der Waals surface area contributed by atoms with E-state index in [2.05, 4.69) is 26.0 Å². The number of esters is 1. The maximum Gasteiger partial charge on any atom is 0.331 e. The van der Waals surface area contributed by atoms with E-state index in [-0.39, 0.29) is 12.1 Å². The molecule has 2 nitrogen and oxygen atoms in total. The summed E-state index contributed by atoms with van der Waals surface area (Å²) in [5.74, 6) is 0.229. The van der Waals surface area contributed by atoms with Gasteiger partial charge in [0, 0.05) is 6.08 Å². The molecule has 1 aromatic rings. The molecule has 0 saturated carbocycles. The van der Waals surface area contributed by atoms with E-state index in [0.717, 1.165) is 5.56 Å². The van der Waals surface area contributed by atoms with Gasteiger partial charge in [-0.25, -0.2) is 4.79 Å². The Morgan fingerprint density at radius 2 is 1.71 bits per heavy atom. The molecule has 1 rings (SSSR count). The lowest BCUT2D eigenvalue weighted by Crippen LogP contribution is -2.08. The zero-order valence-electron chi connectivity index (χ0n) is 10.9. The van der Waals surface area contributed by atoms with Crippen molar-refractivity contribution in [3.63, 3.8) is 0 Å². The van der Waals surface area contributed by atoms with Crippen LogP contribution in [0.3, 0.4) is 0 Å². The highest BCUT2D eigenvalue weighted by atomic mass is 16.5. The van der Waals surface area contributed by atoms with Gasteiger partial charge < -0.3 is 4.74 Å². The van der Waals surface area contributed by atoms with E-state index in [1.807, 2.05) is 26.0 Å². The third-order valence-corrected chi connectivity index (χ3v) is 2.37. The lowest BCUT2D eigenvalue weighted by Gasteiger charge is -2.05. The highest BCUT2D eigenvalue weighted by Crippen LogP contribution is 2.15. The molecule has 0 saturated heterocycles. The van der Waals surface area contributed by atoms with Gasteiger partial charge in [0.2, 0.25) is 0 Å². The van der Waals surface area contributed by atoms with Gasteiger partial charge in [-0.2, -0.15) is 0 Å².